The van der Waals surface area contributed by atoms with Gasteiger partial charge >= 0.3 is 6.36 Å². The molecular weight excluding hydrogens is 478 g/mol. The minimum Gasteiger partial charge on any atom is -0.406 e. The first-order valence-corrected chi connectivity index (χ1v) is 11.8. The van der Waals surface area contributed by atoms with Crippen LogP contribution in [-0.4, -0.2) is 6.36 Å². The Bertz CT molecular complexity index is 1300. The van der Waals surface area contributed by atoms with Gasteiger partial charge in [-0.3, -0.25) is 0 Å². The van der Waals surface area contributed by atoms with E-state index in [-0.39, 0.29) is 17.2 Å². The van der Waals surface area contributed by atoms with Crippen molar-refractivity contribution >= 4 is 0 Å². The second kappa shape index (κ2) is 10.7. The molecule has 0 N–H and O–H groups in total. The predicted molar refractivity (Wildman–Crippen MR) is 125 cm³/mol. The Hall–Kier alpha value is -3.40. The van der Waals surface area contributed by atoms with Gasteiger partial charge in [0.2, 0.25) is 0 Å². The number of unbranched alkanes of at least 4 members (excludes halogenated alkanes) is 1. The van der Waals surface area contributed by atoms with E-state index in [1.54, 1.807) is 18.2 Å². The van der Waals surface area contributed by atoms with Crippen LogP contribution in [0.5, 0.6) is 5.75 Å². The number of benzene rings is 3. The molecule has 0 saturated heterocycles. The average molecular weight is 502 g/mol. The molecule has 1 nitrogen and oxygen atoms in total. The van der Waals surface area contributed by atoms with E-state index in [9.17, 15) is 26.3 Å². The van der Waals surface area contributed by atoms with E-state index in [1.165, 1.54) is 18.2 Å². The number of hydrogen-bond donors (Lipinski definition) is 0. The molecule has 0 bridgehead atoms. The SMILES string of the molecule is CCCCc1ccc(C2CCc3cc(C#Cc4ccc(OC(F)(F)F)cc4)c(F)cc3C2)c(F)c1F. The summed E-state index contributed by atoms with van der Waals surface area (Å²) in [5, 5.41) is 0. The van der Waals surface area contributed by atoms with E-state index < -0.39 is 23.8 Å². The highest BCUT2D eigenvalue weighted by Crippen LogP contribution is 2.36. The van der Waals surface area contributed by atoms with Gasteiger partial charge in [0.25, 0.3) is 0 Å². The van der Waals surface area contributed by atoms with E-state index in [2.05, 4.69) is 16.6 Å². The Balaban J connectivity index is 1.50. The predicted octanol–water partition coefficient (Wildman–Crippen LogP) is 8.02. The third kappa shape index (κ3) is 6.04. The zero-order chi connectivity index (χ0) is 25.9. The van der Waals surface area contributed by atoms with Gasteiger partial charge in [-0.1, -0.05) is 37.3 Å². The molecule has 3 aromatic carbocycles. The van der Waals surface area contributed by atoms with Crippen LogP contribution in [-0.2, 0) is 19.3 Å². The number of ether oxygens (including phenoxy) is 1. The quantitative estimate of drug-likeness (QED) is 0.254. The summed E-state index contributed by atoms with van der Waals surface area (Å²) in [5.41, 5.74) is 2.90. The first kappa shape index (κ1) is 25.7. The minimum absolute atomic E-state index is 0.167. The number of halogens is 6. The van der Waals surface area contributed by atoms with E-state index >= 15 is 0 Å². The molecule has 188 valence electrons. The summed E-state index contributed by atoms with van der Waals surface area (Å²) in [6, 6.07) is 11.3. The Morgan fingerprint density at radius 2 is 1.67 bits per heavy atom. The van der Waals surface area contributed by atoms with Crippen LogP contribution in [0.15, 0.2) is 48.5 Å². The molecule has 0 heterocycles. The minimum atomic E-state index is -4.78. The van der Waals surface area contributed by atoms with Gasteiger partial charge < -0.3 is 4.74 Å². The van der Waals surface area contributed by atoms with Crippen molar-refractivity contribution in [3.8, 4) is 17.6 Å². The number of rotatable bonds is 5. The van der Waals surface area contributed by atoms with Gasteiger partial charge in [0.05, 0.1) is 5.56 Å². The zero-order valence-corrected chi connectivity index (χ0v) is 19.6. The maximum absolute atomic E-state index is 14.8. The fourth-order valence-corrected chi connectivity index (χ4v) is 4.50. The van der Waals surface area contributed by atoms with Crippen molar-refractivity contribution in [2.24, 2.45) is 0 Å². The van der Waals surface area contributed by atoms with Crippen molar-refractivity contribution in [2.45, 2.75) is 57.7 Å². The highest BCUT2D eigenvalue weighted by Gasteiger charge is 2.31. The largest absolute Gasteiger partial charge is 0.573 e. The molecule has 36 heavy (non-hydrogen) atoms. The van der Waals surface area contributed by atoms with Crippen molar-refractivity contribution in [2.75, 3.05) is 0 Å². The maximum atomic E-state index is 14.8. The lowest BCUT2D eigenvalue weighted by molar-refractivity contribution is -0.274. The first-order valence-electron chi connectivity index (χ1n) is 11.8. The molecule has 1 aliphatic rings. The number of hydrogen-bond acceptors (Lipinski definition) is 1. The number of fused-ring (bicyclic) bond motifs is 1. The Kier molecular flexibility index (Phi) is 7.63. The van der Waals surface area contributed by atoms with Gasteiger partial charge in [-0.25, -0.2) is 13.2 Å². The van der Waals surface area contributed by atoms with Crippen molar-refractivity contribution in [1.82, 2.24) is 0 Å². The molecular formula is C29H24F6O. The topological polar surface area (TPSA) is 9.23 Å². The second-order valence-corrected chi connectivity index (χ2v) is 8.91. The molecule has 0 fully saturated rings. The van der Waals surface area contributed by atoms with Gasteiger partial charge in [0.1, 0.15) is 11.6 Å². The van der Waals surface area contributed by atoms with Gasteiger partial charge in [-0.2, -0.15) is 0 Å². The fourth-order valence-electron chi connectivity index (χ4n) is 4.50. The molecule has 3 aromatic rings. The standard InChI is InChI=1S/C29H24F6O/c1-2-3-4-19-11-14-25(28(32)27(19)31)21-10-9-20-15-22(26(30)17-23(20)16-21)8-5-18-6-12-24(13-7-18)36-29(33,34)35/h6-7,11-15,17,21H,2-4,9-10,16H2,1H3. The van der Waals surface area contributed by atoms with Crippen LogP contribution in [0.1, 0.15) is 65.5 Å². The number of alkyl halides is 3. The summed E-state index contributed by atoms with van der Waals surface area (Å²) < 4.78 is 84.9. The van der Waals surface area contributed by atoms with Gasteiger partial charge in [-0.15, -0.1) is 13.2 Å². The van der Waals surface area contributed by atoms with Crippen LogP contribution >= 0.6 is 0 Å². The van der Waals surface area contributed by atoms with Crippen LogP contribution in [0.2, 0.25) is 0 Å². The summed E-state index contributed by atoms with van der Waals surface area (Å²) in [4.78, 5) is 0. The molecule has 7 heteroatoms. The second-order valence-electron chi connectivity index (χ2n) is 8.91. The van der Waals surface area contributed by atoms with Crippen LogP contribution in [0.4, 0.5) is 26.3 Å². The molecule has 1 unspecified atom stereocenters. The molecule has 4 rings (SSSR count). The summed E-state index contributed by atoms with van der Waals surface area (Å²) in [5.74, 6) is 2.72. The van der Waals surface area contributed by atoms with Crippen molar-refractivity contribution in [3.63, 3.8) is 0 Å². The Labute approximate surface area is 206 Å². The van der Waals surface area contributed by atoms with Crippen LogP contribution in [0, 0.1) is 29.3 Å². The summed E-state index contributed by atoms with van der Waals surface area (Å²) in [7, 11) is 0. The summed E-state index contributed by atoms with van der Waals surface area (Å²) >= 11 is 0. The van der Waals surface area contributed by atoms with Crippen molar-refractivity contribution < 1.29 is 31.1 Å². The van der Waals surface area contributed by atoms with E-state index in [0.717, 1.165) is 36.1 Å². The lowest BCUT2D eigenvalue weighted by atomic mass is 9.79. The number of aryl methyl sites for hydroxylation is 2. The highest BCUT2D eigenvalue weighted by molar-refractivity contribution is 5.48. The van der Waals surface area contributed by atoms with E-state index in [4.69, 9.17) is 0 Å². The fraction of sp³-hybridized carbons (Fsp3) is 0.310. The average Bonchev–Trinajstić information content (AvgIpc) is 2.83. The maximum Gasteiger partial charge on any atom is 0.573 e. The van der Waals surface area contributed by atoms with Crippen molar-refractivity contribution in [1.29, 1.82) is 0 Å². The molecule has 1 aliphatic carbocycles. The summed E-state index contributed by atoms with van der Waals surface area (Å²) in [6.07, 6.45) is -1.05. The van der Waals surface area contributed by atoms with Crippen molar-refractivity contribution in [3.05, 3.63) is 99.4 Å². The monoisotopic (exact) mass is 502 g/mol. The first-order chi connectivity index (χ1) is 17.1. The Morgan fingerprint density at radius 1 is 0.917 bits per heavy atom. The Morgan fingerprint density at radius 3 is 2.36 bits per heavy atom. The van der Waals surface area contributed by atoms with E-state index in [1.807, 2.05) is 6.92 Å². The summed E-state index contributed by atoms with van der Waals surface area (Å²) in [6.45, 7) is 1.99. The van der Waals surface area contributed by atoms with Gasteiger partial charge in [-0.05, 0) is 96.7 Å². The third-order valence-corrected chi connectivity index (χ3v) is 6.38. The van der Waals surface area contributed by atoms with Crippen LogP contribution in [0.25, 0.3) is 0 Å². The van der Waals surface area contributed by atoms with Crippen LogP contribution in [0.3, 0.4) is 0 Å². The molecule has 0 aromatic heterocycles. The van der Waals surface area contributed by atoms with Crippen LogP contribution < -0.4 is 4.74 Å². The zero-order valence-electron chi connectivity index (χ0n) is 19.6. The molecule has 0 aliphatic heterocycles. The molecule has 0 radical (unpaired) electrons. The molecule has 0 spiro atoms. The normalized spacial score (nSPS) is 15.1. The third-order valence-electron chi connectivity index (χ3n) is 6.38. The smallest absolute Gasteiger partial charge is 0.406 e. The molecule has 0 saturated carbocycles. The highest BCUT2D eigenvalue weighted by atomic mass is 19.4. The lowest BCUT2D eigenvalue weighted by Crippen LogP contribution is -2.16. The van der Waals surface area contributed by atoms with E-state index in [0.29, 0.717) is 42.4 Å². The molecule has 1 atom stereocenters. The lowest BCUT2D eigenvalue weighted by Gasteiger charge is -2.26. The van der Waals surface area contributed by atoms with Gasteiger partial charge in [0, 0.05) is 5.56 Å². The molecule has 0 amide bonds. The van der Waals surface area contributed by atoms with Gasteiger partial charge in [0.15, 0.2) is 11.6 Å².